The average Bonchev–Trinajstić information content (AvgIpc) is 3.24. The lowest BCUT2D eigenvalue weighted by molar-refractivity contribution is -0.134. The fraction of sp³-hybridized carbons (Fsp3) is 0.391. The van der Waals surface area contributed by atoms with Crippen LogP contribution in [0.25, 0.3) is 5.69 Å². The van der Waals surface area contributed by atoms with Crippen molar-refractivity contribution in [1.29, 1.82) is 0 Å². The zero-order valence-corrected chi connectivity index (χ0v) is 17.6. The zero-order chi connectivity index (χ0) is 20.9. The molecule has 1 aliphatic heterocycles. The highest BCUT2D eigenvalue weighted by Gasteiger charge is 2.28. The van der Waals surface area contributed by atoms with Crippen molar-refractivity contribution in [2.45, 2.75) is 32.7 Å². The number of nitrogens with zero attached hydrogens (tertiary/aromatic N) is 6. The number of tetrazole rings is 1. The zero-order valence-electron chi connectivity index (χ0n) is 17.6. The fourth-order valence-electron chi connectivity index (χ4n) is 3.98. The minimum atomic E-state index is -0.0633. The van der Waals surface area contributed by atoms with Crippen LogP contribution in [0.2, 0.25) is 0 Å². The van der Waals surface area contributed by atoms with Gasteiger partial charge in [-0.1, -0.05) is 55.0 Å². The summed E-state index contributed by atoms with van der Waals surface area (Å²) in [7, 11) is 0. The number of benzene rings is 2. The quantitative estimate of drug-likeness (QED) is 0.632. The molecule has 0 spiro atoms. The van der Waals surface area contributed by atoms with Crippen LogP contribution in [0, 0.1) is 6.92 Å². The standard InChI is InChI=1S/C23H28N6O/c1-3-21(19-7-5-4-6-8-19)23(30)28-15-13-27(14-16-28)17-22-24-25-26-29(22)20-11-9-18(2)10-12-20/h4-12,21H,3,13-17H2,1-2H3/t21-/m0/s1. The van der Waals surface area contributed by atoms with Crippen molar-refractivity contribution < 1.29 is 4.79 Å². The third-order valence-electron chi connectivity index (χ3n) is 5.77. The summed E-state index contributed by atoms with van der Waals surface area (Å²) >= 11 is 0. The van der Waals surface area contributed by atoms with Crippen LogP contribution in [-0.4, -0.2) is 62.1 Å². The van der Waals surface area contributed by atoms with Crippen LogP contribution >= 0.6 is 0 Å². The van der Waals surface area contributed by atoms with Crippen LogP contribution < -0.4 is 0 Å². The molecule has 1 aliphatic rings. The molecule has 7 heteroatoms. The van der Waals surface area contributed by atoms with Crippen molar-refractivity contribution >= 4 is 5.91 Å². The lowest BCUT2D eigenvalue weighted by Gasteiger charge is -2.36. The molecule has 0 aliphatic carbocycles. The van der Waals surface area contributed by atoms with E-state index in [9.17, 15) is 4.79 Å². The fourth-order valence-corrected chi connectivity index (χ4v) is 3.98. The van der Waals surface area contributed by atoms with Crippen molar-refractivity contribution in [3.8, 4) is 5.69 Å². The minimum Gasteiger partial charge on any atom is -0.340 e. The van der Waals surface area contributed by atoms with Gasteiger partial charge in [0.25, 0.3) is 0 Å². The van der Waals surface area contributed by atoms with E-state index in [0.29, 0.717) is 6.54 Å². The molecule has 4 rings (SSSR count). The summed E-state index contributed by atoms with van der Waals surface area (Å²) in [6.45, 7) is 7.90. The Bertz CT molecular complexity index is 961. The summed E-state index contributed by atoms with van der Waals surface area (Å²) in [5.74, 6) is 0.980. The molecular formula is C23H28N6O. The van der Waals surface area contributed by atoms with E-state index >= 15 is 0 Å². The van der Waals surface area contributed by atoms with E-state index in [-0.39, 0.29) is 11.8 Å². The molecule has 1 fully saturated rings. The van der Waals surface area contributed by atoms with Crippen LogP contribution in [0.5, 0.6) is 0 Å². The van der Waals surface area contributed by atoms with E-state index in [1.165, 1.54) is 5.56 Å². The first-order valence-electron chi connectivity index (χ1n) is 10.6. The lowest BCUT2D eigenvalue weighted by Crippen LogP contribution is -2.49. The van der Waals surface area contributed by atoms with Gasteiger partial charge in [0.15, 0.2) is 5.82 Å². The van der Waals surface area contributed by atoms with Gasteiger partial charge in [0.1, 0.15) is 0 Å². The summed E-state index contributed by atoms with van der Waals surface area (Å²) in [4.78, 5) is 17.4. The van der Waals surface area contributed by atoms with Crippen molar-refractivity contribution in [2.24, 2.45) is 0 Å². The molecular weight excluding hydrogens is 376 g/mol. The second-order valence-corrected chi connectivity index (χ2v) is 7.82. The van der Waals surface area contributed by atoms with E-state index in [2.05, 4.69) is 46.4 Å². The first-order chi connectivity index (χ1) is 14.7. The van der Waals surface area contributed by atoms with Gasteiger partial charge in [-0.15, -0.1) is 5.10 Å². The SMILES string of the molecule is CC[C@H](C(=O)N1CCN(Cc2nnnn2-c2ccc(C)cc2)CC1)c1ccccc1. The maximum absolute atomic E-state index is 13.1. The number of amides is 1. The molecule has 3 aromatic rings. The highest BCUT2D eigenvalue weighted by Crippen LogP contribution is 2.23. The number of aromatic nitrogens is 4. The third-order valence-corrected chi connectivity index (χ3v) is 5.77. The molecule has 2 aromatic carbocycles. The number of carbonyl (C=O) groups is 1. The smallest absolute Gasteiger partial charge is 0.230 e. The molecule has 1 aromatic heterocycles. The number of aryl methyl sites for hydroxylation is 1. The molecule has 2 heterocycles. The molecule has 0 bridgehead atoms. The Morgan fingerprint density at radius 2 is 1.70 bits per heavy atom. The second-order valence-electron chi connectivity index (χ2n) is 7.82. The molecule has 7 nitrogen and oxygen atoms in total. The number of rotatable bonds is 6. The Labute approximate surface area is 177 Å². The highest BCUT2D eigenvalue weighted by atomic mass is 16.2. The summed E-state index contributed by atoms with van der Waals surface area (Å²) in [5.41, 5.74) is 3.27. The molecule has 156 valence electrons. The Morgan fingerprint density at radius 3 is 2.37 bits per heavy atom. The molecule has 1 saturated heterocycles. The van der Waals surface area contributed by atoms with Gasteiger partial charge in [0, 0.05) is 26.2 Å². The average molecular weight is 405 g/mol. The Balaban J connectivity index is 1.37. The number of hydrogen-bond donors (Lipinski definition) is 0. The van der Waals surface area contributed by atoms with Crippen LogP contribution in [-0.2, 0) is 11.3 Å². The van der Waals surface area contributed by atoms with E-state index in [4.69, 9.17) is 0 Å². The molecule has 0 unspecified atom stereocenters. The summed E-state index contributed by atoms with van der Waals surface area (Å²) in [6.07, 6.45) is 0.814. The predicted octanol–water partition coefficient (Wildman–Crippen LogP) is 2.81. The van der Waals surface area contributed by atoms with Gasteiger partial charge in [0.05, 0.1) is 18.2 Å². The van der Waals surface area contributed by atoms with Gasteiger partial charge in [-0.2, -0.15) is 4.68 Å². The first kappa shape index (κ1) is 20.2. The Morgan fingerprint density at radius 1 is 1.00 bits per heavy atom. The van der Waals surface area contributed by atoms with E-state index in [0.717, 1.165) is 49.7 Å². The summed E-state index contributed by atoms with van der Waals surface area (Å²) in [6, 6.07) is 18.3. The first-order valence-corrected chi connectivity index (χ1v) is 10.6. The minimum absolute atomic E-state index is 0.0633. The maximum Gasteiger partial charge on any atom is 0.230 e. The highest BCUT2D eigenvalue weighted by molar-refractivity contribution is 5.83. The molecule has 0 radical (unpaired) electrons. The topological polar surface area (TPSA) is 67.2 Å². The van der Waals surface area contributed by atoms with E-state index in [1.807, 2.05) is 47.4 Å². The largest absolute Gasteiger partial charge is 0.340 e. The Kier molecular flexibility index (Phi) is 6.18. The summed E-state index contributed by atoms with van der Waals surface area (Å²) < 4.78 is 1.79. The van der Waals surface area contributed by atoms with Gasteiger partial charge >= 0.3 is 0 Å². The molecule has 0 N–H and O–H groups in total. The summed E-state index contributed by atoms with van der Waals surface area (Å²) in [5, 5.41) is 12.3. The van der Waals surface area contributed by atoms with E-state index < -0.39 is 0 Å². The molecule has 1 atom stereocenters. The van der Waals surface area contributed by atoms with Gasteiger partial charge in [-0.25, -0.2) is 0 Å². The monoisotopic (exact) mass is 404 g/mol. The van der Waals surface area contributed by atoms with Gasteiger partial charge in [-0.05, 0) is 41.5 Å². The molecule has 0 saturated carbocycles. The van der Waals surface area contributed by atoms with Crippen molar-refractivity contribution in [1.82, 2.24) is 30.0 Å². The van der Waals surface area contributed by atoms with Gasteiger partial charge < -0.3 is 4.90 Å². The number of piperazine rings is 1. The third kappa shape index (κ3) is 4.41. The molecule has 1 amide bonds. The number of hydrogen-bond acceptors (Lipinski definition) is 5. The Hall–Kier alpha value is -3.06. The van der Waals surface area contributed by atoms with Crippen molar-refractivity contribution in [3.05, 3.63) is 71.5 Å². The normalized spacial score (nSPS) is 15.9. The second kappa shape index (κ2) is 9.17. The van der Waals surface area contributed by atoms with Crippen LogP contribution in [0.3, 0.4) is 0 Å². The molecule has 30 heavy (non-hydrogen) atoms. The maximum atomic E-state index is 13.1. The van der Waals surface area contributed by atoms with Gasteiger partial charge in [-0.3, -0.25) is 9.69 Å². The predicted molar refractivity (Wildman–Crippen MR) is 115 cm³/mol. The van der Waals surface area contributed by atoms with Crippen molar-refractivity contribution in [3.63, 3.8) is 0 Å². The van der Waals surface area contributed by atoms with Crippen molar-refractivity contribution in [2.75, 3.05) is 26.2 Å². The van der Waals surface area contributed by atoms with Crippen LogP contribution in [0.15, 0.2) is 54.6 Å². The van der Waals surface area contributed by atoms with E-state index in [1.54, 1.807) is 4.68 Å². The lowest BCUT2D eigenvalue weighted by atomic mass is 9.95. The van der Waals surface area contributed by atoms with Crippen LogP contribution in [0.1, 0.15) is 36.2 Å². The van der Waals surface area contributed by atoms with Crippen LogP contribution in [0.4, 0.5) is 0 Å². The number of carbonyl (C=O) groups excluding carboxylic acids is 1. The van der Waals surface area contributed by atoms with Gasteiger partial charge in [0.2, 0.25) is 5.91 Å².